The Morgan fingerprint density at radius 3 is 2.62 bits per heavy atom. The molecular weight excluding hydrogens is 432 g/mol. The number of thiophene rings is 1. The maximum absolute atomic E-state index is 12.8. The summed E-state index contributed by atoms with van der Waals surface area (Å²) in [7, 11) is -2.53. The predicted octanol–water partition coefficient (Wildman–Crippen LogP) is 4.70. The molecule has 3 rings (SSSR count). The molecule has 3 aromatic rings. The van der Waals surface area contributed by atoms with Crippen LogP contribution < -0.4 is 14.8 Å². The highest BCUT2D eigenvalue weighted by atomic mass is 35.5. The van der Waals surface area contributed by atoms with Gasteiger partial charge in [0.25, 0.3) is 15.9 Å². The van der Waals surface area contributed by atoms with Crippen LogP contribution in [0.4, 0.5) is 5.69 Å². The van der Waals surface area contributed by atoms with Gasteiger partial charge in [0.1, 0.15) is 5.75 Å². The number of sulfonamides is 1. The van der Waals surface area contributed by atoms with Crippen molar-refractivity contribution in [2.75, 3.05) is 11.8 Å². The van der Waals surface area contributed by atoms with E-state index in [-0.39, 0.29) is 28.1 Å². The maximum atomic E-state index is 12.8. The van der Waals surface area contributed by atoms with Gasteiger partial charge in [-0.25, -0.2) is 8.42 Å². The molecule has 0 aliphatic rings. The zero-order valence-electron chi connectivity index (χ0n) is 15.7. The van der Waals surface area contributed by atoms with E-state index >= 15 is 0 Å². The lowest BCUT2D eigenvalue weighted by Crippen LogP contribution is -2.26. The molecule has 1 amide bonds. The number of anilines is 1. The highest BCUT2D eigenvalue weighted by Gasteiger charge is 2.19. The largest absolute Gasteiger partial charge is 0.495 e. The van der Waals surface area contributed by atoms with Gasteiger partial charge in [0, 0.05) is 15.5 Å². The summed E-state index contributed by atoms with van der Waals surface area (Å²) in [5.41, 5.74) is 0.454. The van der Waals surface area contributed by atoms with Crippen LogP contribution in [0.2, 0.25) is 5.02 Å². The lowest BCUT2D eigenvalue weighted by molar-refractivity contribution is 0.0940. The van der Waals surface area contributed by atoms with E-state index in [0.717, 1.165) is 4.88 Å². The van der Waals surface area contributed by atoms with E-state index in [4.69, 9.17) is 16.3 Å². The zero-order valence-corrected chi connectivity index (χ0v) is 18.1. The number of hydrogen-bond acceptors (Lipinski definition) is 5. The van der Waals surface area contributed by atoms with Crippen LogP contribution in [0.5, 0.6) is 5.75 Å². The first-order chi connectivity index (χ1) is 13.8. The number of amides is 1. The van der Waals surface area contributed by atoms with Crippen LogP contribution >= 0.6 is 22.9 Å². The SMILES string of the molecule is COc1ccc(Cl)cc1NS(=O)(=O)c1cccc(C(=O)NC(C)c2cccs2)c1. The van der Waals surface area contributed by atoms with Crippen molar-refractivity contribution in [1.82, 2.24) is 5.32 Å². The van der Waals surface area contributed by atoms with Crippen LogP contribution in [-0.2, 0) is 10.0 Å². The van der Waals surface area contributed by atoms with E-state index in [0.29, 0.717) is 10.8 Å². The summed E-state index contributed by atoms with van der Waals surface area (Å²) in [5.74, 6) is -0.0278. The molecule has 0 aliphatic heterocycles. The fourth-order valence-corrected chi connectivity index (χ4v) is 4.67. The van der Waals surface area contributed by atoms with Gasteiger partial charge in [0.05, 0.1) is 23.7 Å². The third-order valence-electron chi connectivity index (χ3n) is 4.13. The first kappa shape index (κ1) is 21.2. The van der Waals surface area contributed by atoms with Crippen LogP contribution in [0, 0.1) is 0 Å². The summed E-state index contributed by atoms with van der Waals surface area (Å²) in [6, 6.07) is 14.1. The summed E-state index contributed by atoms with van der Waals surface area (Å²) in [5, 5.41) is 5.16. The molecule has 0 spiro atoms. The van der Waals surface area contributed by atoms with Crippen LogP contribution in [0.1, 0.15) is 28.2 Å². The van der Waals surface area contributed by atoms with Gasteiger partial charge >= 0.3 is 0 Å². The highest BCUT2D eigenvalue weighted by molar-refractivity contribution is 7.92. The van der Waals surface area contributed by atoms with Gasteiger partial charge in [-0.2, -0.15) is 0 Å². The Bertz CT molecular complexity index is 1120. The fraction of sp³-hybridized carbons (Fsp3) is 0.150. The molecule has 0 bridgehead atoms. The molecule has 0 saturated carbocycles. The zero-order chi connectivity index (χ0) is 21.0. The average Bonchev–Trinajstić information content (AvgIpc) is 3.23. The molecule has 9 heteroatoms. The summed E-state index contributed by atoms with van der Waals surface area (Å²) in [6.07, 6.45) is 0. The Balaban J connectivity index is 1.82. The Morgan fingerprint density at radius 1 is 1.14 bits per heavy atom. The number of carbonyl (C=O) groups excluding carboxylic acids is 1. The van der Waals surface area contributed by atoms with Crippen molar-refractivity contribution in [3.8, 4) is 5.75 Å². The molecule has 1 atom stereocenters. The van der Waals surface area contributed by atoms with Crippen molar-refractivity contribution in [2.24, 2.45) is 0 Å². The topological polar surface area (TPSA) is 84.5 Å². The molecule has 6 nitrogen and oxygen atoms in total. The molecule has 0 aliphatic carbocycles. The summed E-state index contributed by atoms with van der Waals surface area (Å²) >= 11 is 7.50. The van der Waals surface area contributed by atoms with E-state index in [1.54, 1.807) is 18.2 Å². The average molecular weight is 451 g/mol. The normalized spacial score (nSPS) is 12.2. The molecular formula is C20H19ClN2O4S2. The lowest BCUT2D eigenvalue weighted by Gasteiger charge is -2.14. The number of nitrogens with one attached hydrogen (secondary N) is 2. The maximum Gasteiger partial charge on any atom is 0.262 e. The monoisotopic (exact) mass is 450 g/mol. The smallest absolute Gasteiger partial charge is 0.262 e. The molecule has 2 aromatic carbocycles. The third kappa shape index (κ3) is 5.09. The van der Waals surface area contributed by atoms with E-state index < -0.39 is 10.0 Å². The van der Waals surface area contributed by atoms with Gasteiger partial charge < -0.3 is 10.1 Å². The predicted molar refractivity (Wildman–Crippen MR) is 115 cm³/mol. The molecule has 1 unspecified atom stereocenters. The number of carbonyl (C=O) groups is 1. The molecule has 1 heterocycles. The fourth-order valence-electron chi connectivity index (χ4n) is 2.66. The van der Waals surface area contributed by atoms with E-state index in [9.17, 15) is 13.2 Å². The van der Waals surface area contributed by atoms with Gasteiger partial charge in [-0.1, -0.05) is 23.7 Å². The number of rotatable bonds is 7. The quantitative estimate of drug-likeness (QED) is 0.546. The highest BCUT2D eigenvalue weighted by Crippen LogP contribution is 2.30. The molecule has 0 fully saturated rings. The standard InChI is InChI=1S/C20H19ClN2O4S2/c1-13(19-7-4-10-28-19)22-20(24)14-5-3-6-16(11-14)29(25,26)23-17-12-15(21)8-9-18(17)27-2/h3-13,23H,1-2H3,(H,22,24). The minimum absolute atomic E-state index is 0.0454. The Morgan fingerprint density at radius 2 is 1.93 bits per heavy atom. The first-order valence-electron chi connectivity index (χ1n) is 8.61. The Kier molecular flexibility index (Phi) is 6.46. The van der Waals surface area contributed by atoms with Crippen molar-refractivity contribution < 1.29 is 17.9 Å². The van der Waals surface area contributed by atoms with Gasteiger partial charge in [0.15, 0.2) is 0 Å². The number of hydrogen-bond donors (Lipinski definition) is 2. The van der Waals surface area contributed by atoms with E-state index in [1.165, 1.54) is 42.7 Å². The van der Waals surface area contributed by atoms with Gasteiger partial charge in [-0.05, 0) is 54.8 Å². The summed E-state index contributed by atoms with van der Waals surface area (Å²) < 4.78 is 33.3. The lowest BCUT2D eigenvalue weighted by atomic mass is 10.2. The number of methoxy groups -OCH3 is 1. The van der Waals surface area contributed by atoms with Crippen LogP contribution in [0.3, 0.4) is 0 Å². The molecule has 152 valence electrons. The van der Waals surface area contributed by atoms with Crippen molar-refractivity contribution in [2.45, 2.75) is 17.9 Å². The van der Waals surface area contributed by atoms with Crippen molar-refractivity contribution >= 4 is 44.6 Å². The van der Waals surface area contributed by atoms with Gasteiger partial charge in [-0.15, -0.1) is 11.3 Å². The minimum atomic E-state index is -3.96. The van der Waals surface area contributed by atoms with Crippen molar-refractivity contribution in [3.05, 3.63) is 75.4 Å². The van der Waals surface area contributed by atoms with Crippen LogP contribution in [-0.4, -0.2) is 21.4 Å². The summed E-state index contributed by atoms with van der Waals surface area (Å²) in [6.45, 7) is 1.87. The Hall–Kier alpha value is -2.55. The van der Waals surface area contributed by atoms with E-state index in [2.05, 4.69) is 10.0 Å². The molecule has 0 saturated heterocycles. The molecule has 0 radical (unpaired) electrons. The van der Waals surface area contributed by atoms with Gasteiger partial charge in [0.2, 0.25) is 0 Å². The molecule has 1 aromatic heterocycles. The van der Waals surface area contributed by atoms with E-state index in [1.807, 2.05) is 24.4 Å². The van der Waals surface area contributed by atoms with Crippen molar-refractivity contribution in [1.29, 1.82) is 0 Å². The number of ether oxygens (including phenoxy) is 1. The molecule has 2 N–H and O–H groups in total. The summed E-state index contributed by atoms with van der Waals surface area (Å²) in [4.78, 5) is 13.5. The second-order valence-corrected chi connectivity index (χ2v) is 9.29. The Labute approximate surface area is 178 Å². The second kappa shape index (κ2) is 8.86. The van der Waals surface area contributed by atoms with Gasteiger partial charge in [-0.3, -0.25) is 9.52 Å². The number of halogens is 1. The second-order valence-electron chi connectivity index (χ2n) is 6.19. The van der Waals surface area contributed by atoms with Crippen LogP contribution in [0.25, 0.3) is 0 Å². The van der Waals surface area contributed by atoms with Crippen molar-refractivity contribution in [3.63, 3.8) is 0 Å². The minimum Gasteiger partial charge on any atom is -0.495 e. The molecule has 29 heavy (non-hydrogen) atoms. The third-order valence-corrected chi connectivity index (χ3v) is 6.78. The first-order valence-corrected chi connectivity index (χ1v) is 11.3. The number of benzene rings is 2. The van der Waals surface area contributed by atoms with Crippen LogP contribution in [0.15, 0.2) is 64.9 Å².